The maximum absolute atomic E-state index is 10.0. The second-order valence-electron chi connectivity index (χ2n) is 9.49. The summed E-state index contributed by atoms with van der Waals surface area (Å²) in [6.07, 6.45) is 3.08. The minimum absolute atomic E-state index is 0. The van der Waals surface area contributed by atoms with Crippen molar-refractivity contribution in [1.82, 2.24) is 4.98 Å². The number of carbonyl (C=O) groups is 1. The Morgan fingerprint density at radius 1 is 0.872 bits per heavy atom. The van der Waals surface area contributed by atoms with E-state index in [9.17, 15) is 4.79 Å². The Hall–Kier alpha value is -3.63. The van der Waals surface area contributed by atoms with E-state index in [1.165, 1.54) is 73.1 Å². The monoisotopic (exact) mass is 707 g/mol. The van der Waals surface area contributed by atoms with Gasteiger partial charge in [-0.2, -0.15) is 0 Å². The van der Waals surface area contributed by atoms with E-state index in [0.717, 1.165) is 11.3 Å². The number of hydrogen-bond donors (Lipinski definition) is 1. The number of aryl methyl sites for hydroxylation is 2. The van der Waals surface area contributed by atoms with Gasteiger partial charge in [0.2, 0.25) is 0 Å². The summed E-state index contributed by atoms with van der Waals surface area (Å²) in [7, 11) is 0. The van der Waals surface area contributed by atoms with Gasteiger partial charge in [-0.15, -0.1) is 40.5 Å². The first-order valence-corrected chi connectivity index (χ1v) is 13.3. The zero-order valence-corrected chi connectivity index (χ0v) is 25.4. The topological polar surface area (TPSA) is 50.2 Å². The number of aliphatic hydroxyl groups is 1. The molecule has 0 amide bonds. The van der Waals surface area contributed by atoms with Crippen molar-refractivity contribution >= 4 is 48.8 Å². The van der Waals surface area contributed by atoms with Crippen LogP contribution < -0.4 is 0 Å². The molecule has 0 spiro atoms. The van der Waals surface area contributed by atoms with Gasteiger partial charge in [-0.25, -0.2) is 0 Å². The van der Waals surface area contributed by atoms with Crippen LogP contribution in [0.1, 0.15) is 25.0 Å². The first-order chi connectivity index (χ1) is 18.3. The molecule has 39 heavy (non-hydrogen) atoms. The maximum atomic E-state index is 10.0. The van der Waals surface area contributed by atoms with Gasteiger partial charge in [0.1, 0.15) is 0 Å². The Morgan fingerprint density at radius 2 is 1.59 bits per heavy atom. The second kappa shape index (κ2) is 12.0. The van der Waals surface area contributed by atoms with E-state index in [0.29, 0.717) is 0 Å². The standard InChI is InChI=1S/C29H20NS.C5H8O2.Ir/c1-18-6-5-7-19(2)27(18)26-17-23-14-15-30-28(29(23)31-26)22-12-13-25-21(16-22)11-10-20-8-3-4-9-24(20)25;1-4(6)3-5(2)7;/h3-11,13-17H,1-2H3;3,6H,1-2H3;/q-1;;/b;4-3-;. The van der Waals surface area contributed by atoms with Gasteiger partial charge in [-0.3, -0.25) is 4.79 Å². The molecular formula is C34H28IrNO2S-. The van der Waals surface area contributed by atoms with Gasteiger partial charge in [0.05, 0.1) is 5.76 Å². The Morgan fingerprint density at radius 3 is 2.28 bits per heavy atom. The number of thiophene rings is 1. The third kappa shape index (κ3) is 6.02. The average Bonchev–Trinajstić information content (AvgIpc) is 3.31. The van der Waals surface area contributed by atoms with Crippen molar-refractivity contribution in [3.8, 4) is 21.7 Å². The number of pyridine rings is 1. The molecule has 0 saturated heterocycles. The van der Waals surface area contributed by atoms with Gasteiger partial charge in [0.15, 0.2) is 5.78 Å². The molecule has 6 aromatic rings. The van der Waals surface area contributed by atoms with Gasteiger partial charge in [-0.1, -0.05) is 65.4 Å². The fourth-order valence-corrected chi connectivity index (χ4v) is 6.19. The maximum Gasteiger partial charge on any atom is 0.155 e. The summed E-state index contributed by atoms with van der Waals surface area (Å²) in [5.74, 6) is -0.0625. The van der Waals surface area contributed by atoms with Crippen LogP contribution in [0.2, 0.25) is 0 Å². The number of aliphatic hydroxyl groups excluding tert-OH is 1. The van der Waals surface area contributed by atoms with Crippen LogP contribution in [0.3, 0.4) is 0 Å². The first-order valence-electron chi connectivity index (χ1n) is 12.5. The molecule has 0 fully saturated rings. The minimum atomic E-state index is -0.125. The van der Waals surface area contributed by atoms with E-state index < -0.39 is 0 Å². The van der Waals surface area contributed by atoms with Crippen LogP contribution in [0.15, 0.2) is 96.9 Å². The summed E-state index contributed by atoms with van der Waals surface area (Å²) < 4.78 is 1.22. The van der Waals surface area contributed by atoms with Gasteiger partial charge in [0.25, 0.3) is 0 Å². The van der Waals surface area contributed by atoms with Crippen molar-refractivity contribution in [3.05, 3.63) is 114 Å². The molecule has 4 aromatic carbocycles. The molecule has 1 N–H and O–H groups in total. The van der Waals surface area contributed by atoms with Gasteiger partial charge in [-0.05, 0) is 67.3 Å². The molecular weight excluding hydrogens is 679 g/mol. The third-order valence-corrected chi connectivity index (χ3v) is 7.68. The van der Waals surface area contributed by atoms with Crippen molar-refractivity contribution < 1.29 is 30.0 Å². The zero-order valence-electron chi connectivity index (χ0n) is 22.2. The summed E-state index contributed by atoms with van der Waals surface area (Å²) >= 11 is 1.83. The number of nitrogens with zero attached hydrogens (tertiary/aromatic N) is 1. The molecule has 5 heteroatoms. The summed E-state index contributed by atoms with van der Waals surface area (Å²) in [5, 5.41) is 14.6. The van der Waals surface area contributed by atoms with Gasteiger partial charge in [0, 0.05) is 47.6 Å². The van der Waals surface area contributed by atoms with Crippen LogP contribution >= 0.6 is 11.3 Å². The van der Waals surface area contributed by atoms with Crippen LogP contribution in [-0.2, 0) is 24.9 Å². The number of rotatable bonds is 3. The average molecular weight is 707 g/mol. The molecule has 0 aliphatic carbocycles. The summed E-state index contributed by atoms with van der Waals surface area (Å²) in [4.78, 5) is 16.1. The summed E-state index contributed by atoms with van der Waals surface area (Å²) in [6, 6.07) is 31.7. The molecule has 0 unspecified atom stereocenters. The largest absolute Gasteiger partial charge is 0.512 e. The predicted octanol–water partition coefficient (Wildman–Crippen LogP) is 9.39. The predicted molar refractivity (Wildman–Crippen MR) is 161 cm³/mol. The van der Waals surface area contributed by atoms with Crippen LogP contribution in [0.25, 0.3) is 53.3 Å². The molecule has 1 radical (unpaired) electrons. The number of aromatic nitrogens is 1. The molecule has 3 nitrogen and oxygen atoms in total. The zero-order chi connectivity index (χ0) is 26.8. The number of carbonyl (C=O) groups excluding carboxylic acids is 1. The normalized spacial score (nSPS) is 11.2. The third-order valence-electron chi connectivity index (χ3n) is 6.50. The summed E-state index contributed by atoms with van der Waals surface area (Å²) in [5.41, 5.74) is 6.01. The first kappa shape index (κ1) is 28.4. The van der Waals surface area contributed by atoms with E-state index >= 15 is 0 Å². The van der Waals surface area contributed by atoms with Crippen LogP contribution in [0.5, 0.6) is 0 Å². The molecule has 6 rings (SSSR count). The van der Waals surface area contributed by atoms with E-state index in [2.05, 4.69) is 98.8 Å². The van der Waals surface area contributed by atoms with Crippen molar-refractivity contribution in [2.45, 2.75) is 27.7 Å². The number of hydrogen-bond acceptors (Lipinski definition) is 4. The quantitative estimate of drug-likeness (QED) is 0.0864. The number of benzene rings is 4. The SMILES string of the molecule is CC(=O)/C=C(/C)O.Cc1cccc(C)c1-c1cc2ccnc(-c3[c-]cc4c(ccc5ccccc54)c3)c2s1.[Ir]. The molecule has 2 heterocycles. The molecule has 0 aliphatic heterocycles. The Labute approximate surface area is 246 Å². The van der Waals surface area contributed by atoms with Crippen molar-refractivity contribution in [3.63, 3.8) is 0 Å². The van der Waals surface area contributed by atoms with E-state index in [4.69, 9.17) is 10.1 Å². The van der Waals surface area contributed by atoms with Gasteiger partial charge >= 0.3 is 0 Å². The number of ketones is 1. The van der Waals surface area contributed by atoms with Crippen molar-refractivity contribution in [2.24, 2.45) is 0 Å². The van der Waals surface area contributed by atoms with Gasteiger partial charge < -0.3 is 10.1 Å². The van der Waals surface area contributed by atoms with E-state index in [1.807, 2.05) is 17.5 Å². The van der Waals surface area contributed by atoms with Crippen molar-refractivity contribution in [1.29, 1.82) is 0 Å². The number of allylic oxidation sites excluding steroid dienone is 2. The fourth-order valence-electron chi connectivity index (χ4n) is 4.86. The minimum Gasteiger partial charge on any atom is -0.512 e. The van der Waals surface area contributed by atoms with Crippen LogP contribution in [0, 0.1) is 19.9 Å². The van der Waals surface area contributed by atoms with Crippen LogP contribution in [-0.4, -0.2) is 15.9 Å². The van der Waals surface area contributed by atoms with E-state index in [1.54, 1.807) is 0 Å². The molecule has 197 valence electrons. The smallest absolute Gasteiger partial charge is 0.155 e. The van der Waals surface area contributed by atoms with Crippen molar-refractivity contribution in [2.75, 3.05) is 0 Å². The molecule has 2 aromatic heterocycles. The van der Waals surface area contributed by atoms with Crippen LogP contribution in [0.4, 0.5) is 0 Å². The Bertz CT molecular complexity index is 1830. The molecule has 0 aliphatic rings. The fraction of sp³-hybridized carbons (Fsp3) is 0.118. The molecule has 0 bridgehead atoms. The Kier molecular flexibility index (Phi) is 8.76. The summed E-state index contributed by atoms with van der Waals surface area (Å²) in [6.45, 7) is 7.22. The molecule has 0 atom stereocenters. The van der Waals surface area contributed by atoms with E-state index in [-0.39, 0.29) is 31.6 Å². The second-order valence-corrected chi connectivity index (χ2v) is 10.5. The Balaban J connectivity index is 0.000000394. The molecule has 0 saturated carbocycles. The number of fused-ring (bicyclic) bond motifs is 4.